The highest BCUT2D eigenvalue weighted by atomic mass is 32.2. The van der Waals surface area contributed by atoms with Gasteiger partial charge in [0.05, 0.1) is 6.04 Å². The number of rotatable bonds is 3. The molecule has 0 N–H and O–H groups in total. The Morgan fingerprint density at radius 2 is 2.16 bits per heavy atom. The Hall–Kier alpha value is -1.40. The largest absolute Gasteiger partial charge is 0.609 e. The minimum absolute atomic E-state index is 0.152. The standard InChI is InChI=1S/C13H14FN3OS/c1-2-19(18)13-15-12-10(14)8-11(17(12)16-13)9-6-4-3-5-7-9/h3-7,10-11H,2,8H2,1H3/t10-,11-,19?/m0/s1. The first kappa shape index (κ1) is 12.6. The third-order valence-electron chi connectivity index (χ3n) is 3.29. The molecule has 100 valence electrons. The topological polar surface area (TPSA) is 53.8 Å². The first-order valence-electron chi connectivity index (χ1n) is 6.24. The number of benzene rings is 1. The van der Waals surface area contributed by atoms with Gasteiger partial charge < -0.3 is 4.55 Å². The maximum absolute atomic E-state index is 14.0. The van der Waals surface area contributed by atoms with Gasteiger partial charge in [0.2, 0.25) is 0 Å². The maximum Gasteiger partial charge on any atom is 0.361 e. The number of hydrogen-bond donors (Lipinski definition) is 0. The third kappa shape index (κ3) is 2.15. The second-order valence-corrected chi connectivity index (χ2v) is 6.09. The van der Waals surface area contributed by atoms with Gasteiger partial charge in [-0.1, -0.05) is 30.3 Å². The van der Waals surface area contributed by atoms with Crippen molar-refractivity contribution in [2.24, 2.45) is 0 Å². The summed E-state index contributed by atoms with van der Waals surface area (Å²) in [5, 5.41) is 4.47. The van der Waals surface area contributed by atoms with Crippen LogP contribution >= 0.6 is 0 Å². The van der Waals surface area contributed by atoms with Crippen LogP contribution in [0.25, 0.3) is 0 Å². The van der Waals surface area contributed by atoms with Gasteiger partial charge in [0.15, 0.2) is 12.0 Å². The van der Waals surface area contributed by atoms with Crippen molar-refractivity contribution in [3.05, 3.63) is 41.7 Å². The number of aromatic nitrogens is 3. The smallest absolute Gasteiger partial charge is 0.361 e. The van der Waals surface area contributed by atoms with Gasteiger partial charge in [-0.15, -0.1) is 5.10 Å². The number of alkyl halides is 1. The average molecular weight is 279 g/mol. The first-order chi connectivity index (χ1) is 9.20. The van der Waals surface area contributed by atoms with E-state index in [0.717, 1.165) is 5.56 Å². The van der Waals surface area contributed by atoms with Crippen molar-refractivity contribution in [3.63, 3.8) is 0 Å². The van der Waals surface area contributed by atoms with Gasteiger partial charge in [0.1, 0.15) is 5.75 Å². The van der Waals surface area contributed by atoms with Crippen LogP contribution in [0.15, 0.2) is 35.5 Å². The fourth-order valence-electron chi connectivity index (χ4n) is 2.34. The molecule has 6 heteroatoms. The van der Waals surface area contributed by atoms with Crippen molar-refractivity contribution < 1.29 is 8.94 Å². The van der Waals surface area contributed by atoms with Crippen LogP contribution in [0.1, 0.15) is 36.9 Å². The molecule has 0 amide bonds. The molecule has 1 unspecified atom stereocenters. The molecule has 1 aromatic heterocycles. The van der Waals surface area contributed by atoms with E-state index < -0.39 is 17.3 Å². The minimum Gasteiger partial charge on any atom is -0.609 e. The Balaban J connectivity index is 1.99. The van der Waals surface area contributed by atoms with Gasteiger partial charge in [-0.25, -0.2) is 9.07 Å². The van der Waals surface area contributed by atoms with E-state index in [1.807, 2.05) is 30.3 Å². The molecule has 3 atom stereocenters. The fourth-order valence-corrected chi connectivity index (χ4v) is 2.97. The van der Waals surface area contributed by atoms with Crippen molar-refractivity contribution in [2.45, 2.75) is 30.7 Å². The quantitative estimate of drug-likeness (QED) is 0.811. The SMILES string of the molecule is CC[S+]([O-])c1nc2n(n1)[C@H](c1ccccc1)C[C@@H]2F. The molecular weight excluding hydrogens is 265 g/mol. The van der Waals surface area contributed by atoms with E-state index in [1.54, 1.807) is 11.6 Å². The molecule has 0 aliphatic carbocycles. The molecule has 19 heavy (non-hydrogen) atoms. The van der Waals surface area contributed by atoms with Crippen LogP contribution in [0, 0.1) is 0 Å². The molecule has 1 aliphatic heterocycles. The summed E-state index contributed by atoms with van der Waals surface area (Å²) in [4.78, 5) is 4.09. The van der Waals surface area contributed by atoms with Gasteiger partial charge >= 0.3 is 5.16 Å². The van der Waals surface area contributed by atoms with E-state index in [9.17, 15) is 8.94 Å². The third-order valence-corrected chi connectivity index (χ3v) is 4.40. The Bertz CT molecular complexity index is 575. The van der Waals surface area contributed by atoms with Crippen molar-refractivity contribution in [1.29, 1.82) is 0 Å². The lowest BCUT2D eigenvalue weighted by Crippen LogP contribution is -2.11. The predicted octanol–water partition coefficient (Wildman–Crippen LogP) is 2.41. The van der Waals surface area contributed by atoms with Crippen LogP contribution in [0.5, 0.6) is 0 Å². The Morgan fingerprint density at radius 1 is 1.42 bits per heavy atom. The summed E-state index contributed by atoms with van der Waals surface area (Å²) in [6, 6.07) is 9.51. The van der Waals surface area contributed by atoms with Crippen molar-refractivity contribution >= 4 is 11.2 Å². The molecule has 2 heterocycles. The molecular formula is C13H14FN3OS. The van der Waals surface area contributed by atoms with E-state index in [2.05, 4.69) is 10.1 Å². The van der Waals surface area contributed by atoms with E-state index in [1.165, 1.54) is 0 Å². The van der Waals surface area contributed by atoms with Crippen molar-refractivity contribution in [3.8, 4) is 0 Å². The minimum atomic E-state index is -1.24. The highest BCUT2D eigenvalue weighted by Gasteiger charge is 2.37. The number of halogens is 1. The second-order valence-electron chi connectivity index (χ2n) is 4.46. The summed E-state index contributed by atoms with van der Waals surface area (Å²) < 4.78 is 27.3. The number of fused-ring (bicyclic) bond motifs is 1. The zero-order valence-corrected chi connectivity index (χ0v) is 11.3. The molecule has 3 rings (SSSR count). The maximum atomic E-state index is 14.0. The van der Waals surface area contributed by atoms with E-state index in [4.69, 9.17) is 0 Å². The molecule has 0 saturated carbocycles. The zero-order chi connectivity index (χ0) is 13.4. The van der Waals surface area contributed by atoms with Crippen molar-refractivity contribution in [2.75, 3.05) is 5.75 Å². The lowest BCUT2D eigenvalue weighted by Gasteiger charge is -2.11. The van der Waals surface area contributed by atoms with Gasteiger partial charge in [0, 0.05) is 17.6 Å². The fraction of sp³-hybridized carbons (Fsp3) is 0.385. The van der Waals surface area contributed by atoms with Gasteiger partial charge in [-0.3, -0.25) is 0 Å². The van der Waals surface area contributed by atoms with Crippen LogP contribution in [0.3, 0.4) is 0 Å². The number of nitrogens with zero attached hydrogens (tertiary/aromatic N) is 3. The highest BCUT2D eigenvalue weighted by molar-refractivity contribution is 7.91. The van der Waals surface area contributed by atoms with Crippen molar-refractivity contribution in [1.82, 2.24) is 14.8 Å². The van der Waals surface area contributed by atoms with Crippen LogP contribution in [0.2, 0.25) is 0 Å². The molecule has 0 radical (unpaired) electrons. The Labute approximate surface area is 113 Å². The highest BCUT2D eigenvalue weighted by Crippen LogP contribution is 2.39. The molecule has 1 aliphatic rings. The molecule has 4 nitrogen and oxygen atoms in total. The van der Waals surface area contributed by atoms with Gasteiger partial charge in [-0.2, -0.15) is 4.98 Å². The second kappa shape index (κ2) is 4.94. The summed E-state index contributed by atoms with van der Waals surface area (Å²) in [5.41, 5.74) is 1.00. The lowest BCUT2D eigenvalue weighted by molar-refractivity contribution is 0.326. The molecule has 2 aromatic rings. The summed E-state index contributed by atoms with van der Waals surface area (Å²) in [6.07, 6.45) is -0.793. The Morgan fingerprint density at radius 3 is 2.84 bits per heavy atom. The van der Waals surface area contributed by atoms with Crippen LogP contribution in [0.4, 0.5) is 4.39 Å². The first-order valence-corrected chi connectivity index (χ1v) is 7.56. The normalized spacial score (nSPS) is 23.3. The summed E-state index contributed by atoms with van der Waals surface area (Å²) in [7, 11) is 0. The van der Waals surface area contributed by atoms with Gasteiger partial charge in [0.25, 0.3) is 0 Å². The average Bonchev–Trinajstić information content (AvgIpc) is 3.00. The van der Waals surface area contributed by atoms with Crippen LogP contribution < -0.4 is 0 Å². The van der Waals surface area contributed by atoms with E-state index in [-0.39, 0.29) is 11.2 Å². The molecule has 0 spiro atoms. The van der Waals surface area contributed by atoms with E-state index >= 15 is 0 Å². The van der Waals surface area contributed by atoms with E-state index in [0.29, 0.717) is 18.0 Å². The molecule has 1 aromatic carbocycles. The zero-order valence-electron chi connectivity index (χ0n) is 10.5. The van der Waals surface area contributed by atoms with Crippen LogP contribution in [-0.4, -0.2) is 25.1 Å². The molecule has 0 fully saturated rings. The number of hydrogen-bond acceptors (Lipinski definition) is 3. The summed E-state index contributed by atoms with van der Waals surface area (Å²) in [5.74, 6) is 0.738. The predicted molar refractivity (Wildman–Crippen MR) is 70.0 cm³/mol. The molecule has 0 saturated heterocycles. The monoisotopic (exact) mass is 279 g/mol. The summed E-state index contributed by atoms with van der Waals surface area (Å²) >= 11 is -1.24. The lowest BCUT2D eigenvalue weighted by atomic mass is 10.0. The summed E-state index contributed by atoms with van der Waals surface area (Å²) in [6.45, 7) is 1.80. The Kier molecular flexibility index (Phi) is 3.28. The van der Waals surface area contributed by atoms with Gasteiger partial charge in [-0.05, 0) is 12.5 Å². The van der Waals surface area contributed by atoms with Crippen LogP contribution in [-0.2, 0) is 11.2 Å². The molecule has 0 bridgehead atoms.